The molecule has 11 heavy (non-hydrogen) atoms. The Hall–Kier alpha value is -0.0600. The molecular formula is C5H12O5P+. The van der Waals surface area contributed by atoms with Crippen LogP contribution in [0.4, 0.5) is 0 Å². The van der Waals surface area contributed by atoms with Crippen LogP contribution < -0.4 is 0 Å². The van der Waals surface area contributed by atoms with Crippen molar-refractivity contribution < 1.29 is 24.1 Å². The van der Waals surface area contributed by atoms with E-state index in [1.54, 1.807) is 0 Å². The molecule has 0 aromatic carbocycles. The van der Waals surface area contributed by atoms with Crippen molar-refractivity contribution in [2.24, 2.45) is 0 Å². The summed E-state index contributed by atoms with van der Waals surface area (Å²) in [7, 11) is -2.52. The second-order valence-electron chi connectivity index (χ2n) is 1.91. The van der Waals surface area contributed by atoms with E-state index in [4.69, 9.17) is 5.26 Å². The molecule has 0 heterocycles. The molecule has 0 fully saturated rings. The van der Waals surface area contributed by atoms with Crippen LogP contribution in [0.3, 0.4) is 0 Å². The van der Waals surface area contributed by atoms with Gasteiger partial charge in [-0.2, -0.15) is 4.89 Å². The Labute approximate surface area is 66.1 Å². The van der Waals surface area contributed by atoms with Gasteiger partial charge in [0.2, 0.25) is 0 Å². The first kappa shape index (κ1) is 10.9. The maximum absolute atomic E-state index is 10.2. The molecule has 0 spiro atoms. The zero-order valence-electron chi connectivity index (χ0n) is 6.36. The highest BCUT2D eigenvalue weighted by atomic mass is 31.1. The summed E-state index contributed by atoms with van der Waals surface area (Å²) in [4.78, 5) is 4.42. The Morgan fingerprint density at radius 1 is 1.45 bits per heavy atom. The van der Waals surface area contributed by atoms with Crippen LogP contribution in [-0.4, -0.2) is 11.9 Å². The molecule has 0 aliphatic carbocycles. The minimum atomic E-state index is -2.52. The molecule has 0 bridgehead atoms. The summed E-state index contributed by atoms with van der Waals surface area (Å²) in [6.45, 7) is 2.41. The van der Waals surface area contributed by atoms with Gasteiger partial charge in [0.25, 0.3) is 0 Å². The predicted molar refractivity (Wildman–Crippen MR) is 37.9 cm³/mol. The van der Waals surface area contributed by atoms with Crippen molar-refractivity contribution in [1.82, 2.24) is 0 Å². The van der Waals surface area contributed by atoms with Gasteiger partial charge >= 0.3 is 8.25 Å². The molecule has 6 heteroatoms. The molecule has 0 amide bonds. The Morgan fingerprint density at radius 3 is 2.73 bits per heavy atom. The molecule has 0 aromatic rings. The number of rotatable bonds is 7. The topological polar surface area (TPSA) is 65.0 Å². The van der Waals surface area contributed by atoms with Gasteiger partial charge in [0, 0.05) is 4.57 Å². The van der Waals surface area contributed by atoms with Gasteiger partial charge in [-0.1, -0.05) is 19.8 Å². The Balaban J connectivity index is 2.95. The van der Waals surface area contributed by atoms with E-state index in [-0.39, 0.29) is 0 Å². The van der Waals surface area contributed by atoms with Crippen molar-refractivity contribution in [2.75, 3.05) is 6.61 Å². The smallest absolute Gasteiger partial charge is 0.202 e. The first-order valence-corrected chi connectivity index (χ1v) is 4.49. The third kappa shape index (κ3) is 7.84. The summed E-state index contributed by atoms with van der Waals surface area (Å²) in [5.41, 5.74) is 0. The van der Waals surface area contributed by atoms with Gasteiger partial charge in [-0.3, -0.25) is 0 Å². The molecule has 0 radical (unpaired) electrons. The van der Waals surface area contributed by atoms with Gasteiger partial charge in [-0.15, -0.1) is 0 Å². The van der Waals surface area contributed by atoms with Crippen molar-refractivity contribution in [3.05, 3.63) is 0 Å². The average Bonchev–Trinajstić information content (AvgIpc) is 2.04. The number of hydrogen-bond acceptors (Lipinski definition) is 5. The SMILES string of the molecule is CCCCCOO[P+](=O)OO. The third-order valence-electron chi connectivity index (χ3n) is 1.01. The number of hydrogen-bond donors (Lipinski definition) is 1. The molecule has 0 aromatic heterocycles. The Kier molecular flexibility index (Phi) is 8.00. The van der Waals surface area contributed by atoms with E-state index in [1.807, 2.05) is 0 Å². The fourth-order valence-electron chi connectivity index (χ4n) is 0.505. The quantitative estimate of drug-likeness (QED) is 0.284. The maximum atomic E-state index is 10.2. The van der Waals surface area contributed by atoms with Gasteiger partial charge in [-0.05, 0) is 6.42 Å². The predicted octanol–water partition coefficient (Wildman–Crippen LogP) is 2.27. The van der Waals surface area contributed by atoms with E-state index >= 15 is 0 Å². The molecule has 1 atom stereocenters. The Bertz CT molecular complexity index is 107. The first-order valence-electron chi connectivity index (χ1n) is 3.39. The van der Waals surface area contributed by atoms with Crippen LogP contribution in [0.15, 0.2) is 0 Å². The Morgan fingerprint density at radius 2 is 2.18 bits per heavy atom. The van der Waals surface area contributed by atoms with Crippen LogP contribution in [-0.2, 0) is 18.8 Å². The van der Waals surface area contributed by atoms with Gasteiger partial charge in [-0.25, -0.2) is 5.26 Å². The van der Waals surface area contributed by atoms with Crippen LogP contribution in [0, 0.1) is 0 Å². The third-order valence-corrected chi connectivity index (χ3v) is 1.37. The summed E-state index contributed by atoms with van der Waals surface area (Å²) >= 11 is 0. The molecule has 5 nitrogen and oxygen atoms in total. The molecule has 0 aliphatic heterocycles. The average molecular weight is 183 g/mol. The summed E-state index contributed by atoms with van der Waals surface area (Å²) in [5, 5.41) is 7.75. The summed E-state index contributed by atoms with van der Waals surface area (Å²) in [6, 6.07) is 0. The lowest BCUT2D eigenvalue weighted by atomic mass is 10.3. The summed E-state index contributed by atoms with van der Waals surface area (Å²) in [5.74, 6) is 0. The molecular weight excluding hydrogens is 171 g/mol. The van der Waals surface area contributed by atoms with Crippen LogP contribution in [0.5, 0.6) is 0 Å². The van der Waals surface area contributed by atoms with Crippen molar-refractivity contribution in [1.29, 1.82) is 0 Å². The van der Waals surface area contributed by atoms with E-state index in [1.165, 1.54) is 0 Å². The fraction of sp³-hybridized carbons (Fsp3) is 1.00. The first-order chi connectivity index (χ1) is 5.31. The summed E-state index contributed by atoms with van der Waals surface area (Å²) < 4.78 is 17.6. The highest BCUT2D eigenvalue weighted by molar-refractivity contribution is 7.32. The van der Waals surface area contributed by atoms with Crippen molar-refractivity contribution in [2.45, 2.75) is 26.2 Å². The second-order valence-corrected chi connectivity index (χ2v) is 2.67. The van der Waals surface area contributed by atoms with E-state index in [0.29, 0.717) is 6.61 Å². The molecule has 1 unspecified atom stereocenters. The van der Waals surface area contributed by atoms with E-state index < -0.39 is 8.25 Å². The van der Waals surface area contributed by atoms with E-state index in [2.05, 4.69) is 21.2 Å². The summed E-state index contributed by atoms with van der Waals surface area (Å²) in [6.07, 6.45) is 2.94. The lowest BCUT2D eigenvalue weighted by molar-refractivity contribution is -0.238. The van der Waals surface area contributed by atoms with Crippen LogP contribution in [0.25, 0.3) is 0 Å². The van der Waals surface area contributed by atoms with Crippen molar-refractivity contribution in [3.8, 4) is 0 Å². The monoisotopic (exact) mass is 183 g/mol. The van der Waals surface area contributed by atoms with Gasteiger partial charge in [0.1, 0.15) is 0 Å². The maximum Gasteiger partial charge on any atom is 0.759 e. The molecule has 0 saturated heterocycles. The zero-order valence-corrected chi connectivity index (χ0v) is 7.25. The van der Waals surface area contributed by atoms with Crippen LogP contribution in [0.2, 0.25) is 0 Å². The normalized spacial score (nSPS) is 11.6. The zero-order chi connectivity index (χ0) is 8.53. The van der Waals surface area contributed by atoms with Gasteiger partial charge in [0.05, 0.1) is 16.0 Å². The molecule has 0 aliphatic rings. The molecule has 0 saturated carbocycles. The van der Waals surface area contributed by atoms with E-state index in [9.17, 15) is 4.57 Å². The number of unbranched alkanes of at least 4 members (excludes halogenated alkanes) is 2. The molecule has 1 N–H and O–H groups in total. The van der Waals surface area contributed by atoms with Crippen molar-refractivity contribution in [3.63, 3.8) is 0 Å². The van der Waals surface area contributed by atoms with Crippen molar-refractivity contribution >= 4 is 8.25 Å². The fourth-order valence-corrected chi connectivity index (χ4v) is 0.693. The second kappa shape index (κ2) is 8.04. The lowest BCUT2D eigenvalue weighted by Crippen LogP contribution is -1.91. The van der Waals surface area contributed by atoms with Crippen LogP contribution in [0.1, 0.15) is 26.2 Å². The highest BCUT2D eigenvalue weighted by Gasteiger charge is 2.21. The van der Waals surface area contributed by atoms with Crippen LogP contribution >= 0.6 is 8.25 Å². The van der Waals surface area contributed by atoms with Gasteiger partial charge < -0.3 is 0 Å². The molecule has 0 rings (SSSR count). The standard InChI is InChI=1S/C5H11O5P/c1-2-3-4-5-8-10-11(7)9-6/h2-5H2,1H3/p+1. The lowest BCUT2D eigenvalue weighted by Gasteiger charge is -1.92. The van der Waals surface area contributed by atoms with E-state index in [0.717, 1.165) is 19.3 Å². The largest absolute Gasteiger partial charge is 0.759 e. The minimum absolute atomic E-state index is 0.359. The highest BCUT2D eigenvalue weighted by Crippen LogP contribution is 2.21. The minimum Gasteiger partial charge on any atom is -0.202 e. The molecule has 66 valence electrons. The van der Waals surface area contributed by atoms with Gasteiger partial charge in [0.15, 0.2) is 0 Å².